The zero-order valence-electron chi connectivity index (χ0n) is 17.7. The first-order valence-electron chi connectivity index (χ1n) is 10.6. The van der Waals surface area contributed by atoms with Crippen molar-refractivity contribution in [3.63, 3.8) is 0 Å². The summed E-state index contributed by atoms with van der Waals surface area (Å²) in [5, 5.41) is 5.35. The highest BCUT2D eigenvalue weighted by molar-refractivity contribution is 6.22. The van der Waals surface area contributed by atoms with Crippen molar-refractivity contribution in [2.24, 2.45) is 0 Å². The molecular weight excluding hydrogens is 412 g/mol. The Hall–Kier alpha value is -3.43. The number of benzene rings is 2. The van der Waals surface area contributed by atoms with Gasteiger partial charge in [0.2, 0.25) is 5.91 Å². The first-order valence-corrected chi connectivity index (χ1v) is 10.6. The molecular formula is C23H26N4O5. The molecule has 0 aromatic heterocycles. The van der Waals surface area contributed by atoms with Gasteiger partial charge in [0.25, 0.3) is 5.91 Å². The lowest BCUT2D eigenvalue weighted by Crippen LogP contribution is -2.38. The van der Waals surface area contributed by atoms with Gasteiger partial charge in [0.1, 0.15) is 18.4 Å². The number of urea groups is 1. The highest BCUT2D eigenvalue weighted by Gasteiger charge is 2.39. The number of para-hydroxylation sites is 1. The minimum atomic E-state index is -0.907. The second-order valence-electron chi connectivity index (χ2n) is 7.59. The molecule has 2 heterocycles. The Morgan fingerprint density at radius 2 is 1.88 bits per heavy atom. The average molecular weight is 438 g/mol. The third-order valence-electron chi connectivity index (χ3n) is 5.32. The van der Waals surface area contributed by atoms with Gasteiger partial charge in [-0.1, -0.05) is 24.3 Å². The number of anilines is 2. The van der Waals surface area contributed by atoms with Crippen LogP contribution in [0.25, 0.3) is 0 Å². The zero-order chi connectivity index (χ0) is 22.3. The first kappa shape index (κ1) is 21.8. The van der Waals surface area contributed by atoms with E-state index in [0.29, 0.717) is 23.7 Å². The number of nitrogens with zero attached hydrogens (tertiary/aromatic N) is 2. The number of rotatable bonds is 8. The topological polar surface area (TPSA) is 100 Å². The van der Waals surface area contributed by atoms with Gasteiger partial charge < -0.3 is 20.1 Å². The Morgan fingerprint density at radius 1 is 1.09 bits per heavy atom. The summed E-state index contributed by atoms with van der Waals surface area (Å²) >= 11 is 0. The van der Waals surface area contributed by atoms with Gasteiger partial charge in [-0.15, -0.1) is 0 Å². The predicted molar refractivity (Wildman–Crippen MR) is 119 cm³/mol. The van der Waals surface area contributed by atoms with Crippen molar-refractivity contribution >= 4 is 29.2 Å². The molecule has 0 bridgehead atoms. The third-order valence-corrected chi connectivity index (χ3v) is 5.32. The molecule has 0 saturated carbocycles. The monoisotopic (exact) mass is 438 g/mol. The predicted octanol–water partition coefficient (Wildman–Crippen LogP) is 1.85. The minimum Gasteiger partial charge on any atom is -0.492 e. The van der Waals surface area contributed by atoms with Gasteiger partial charge in [-0.3, -0.25) is 14.5 Å². The number of carbonyl (C=O) groups is 3. The number of nitrogens with one attached hydrogen (secondary N) is 2. The van der Waals surface area contributed by atoms with Gasteiger partial charge in [-0.05, 0) is 24.3 Å². The highest BCUT2D eigenvalue weighted by atomic mass is 16.5. The van der Waals surface area contributed by atoms with Crippen LogP contribution in [0.4, 0.5) is 16.2 Å². The van der Waals surface area contributed by atoms with E-state index in [0.717, 1.165) is 37.7 Å². The SMILES string of the molecule is O=C(C[C@H]1NC(=O)N(c2ccccc2)C1=O)Nc1cccc(OCCN2CCOCC2)c1. The maximum Gasteiger partial charge on any atom is 0.329 e. The van der Waals surface area contributed by atoms with Gasteiger partial charge in [0, 0.05) is 31.4 Å². The van der Waals surface area contributed by atoms with Gasteiger partial charge in [0.15, 0.2) is 0 Å². The maximum absolute atomic E-state index is 12.6. The summed E-state index contributed by atoms with van der Waals surface area (Å²) < 4.78 is 11.1. The molecule has 1 atom stereocenters. The van der Waals surface area contributed by atoms with E-state index in [-0.39, 0.29) is 12.3 Å². The fraction of sp³-hybridized carbons (Fsp3) is 0.348. The van der Waals surface area contributed by atoms with Gasteiger partial charge in [-0.25, -0.2) is 9.69 Å². The zero-order valence-corrected chi connectivity index (χ0v) is 17.7. The Kier molecular flexibility index (Phi) is 6.98. The van der Waals surface area contributed by atoms with E-state index in [1.165, 1.54) is 0 Å². The van der Waals surface area contributed by atoms with Gasteiger partial charge >= 0.3 is 6.03 Å². The van der Waals surface area contributed by atoms with E-state index < -0.39 is 18.0 Å². The number of imide groups is 1. The molecule has 0 spiro atoms. The molecule has 9 nitrogen and oxygen atoms in total. The van der Waals surface area contributed by atoms with Crippen molar-refractivity contribution in [2.75, 3.05) is 49.7 Å². The van der Waals surface area contributed by atoms with E-state index in [9.17, 15) is 14.4 Å². The van der Waals surface area contributed by atoms with Crippen molar-refractivity contribution in [3.05, 3.63) is 54.6 Å². The molecule has 2 aromatic carbocycles. The van der Waals surface area contributed by atoms with E-state index >= 15 is 0 Å². The quantitative estimate of drug-likeness (QED) is 0.611. The average Bonchev–Trinajstić information content (AvgIpc) is 3.08. The summed E-state index contributed by atoms with van der Waals surface area (Å²) in [6, 6.07) is 14.3. The van der Waals surface area contributed by atoms with Crippen LogP contribution in [-0.2, 0) is 14.3 Å². The number of hydrogen-bond acceptors (Lipinski definition) is 6. The molecule has 32 heavy (non-hydrogen) atoms. The van der Waals surface area contributed by atoms with Gasteiger partial charge in [0.05, 0.1) is 25.3 Å². The van der Waals surface area contributed by atoms with Crippen molar-refractivity contribution < 1.29 is 23.9 Å². The molecule has 4 amide bonds. The number of amides is 4. The molecule has 0 radical (unpaired) electrons. The lowest BCUT2D eigenvalue weighted by molar-refractivity contribution is -0.122. The van der Waals surface area contributed by atoms with Gasteiger partial charge in [-0.2, -0.15) is 0 Å². The number of hydrogen-bond donors (Lipinski definition) is 2. The molecule has 168 valence electrons. The second kappa shape index (κ2) is 10.3. The molecule has 2 aliphatic heterocycles. The Bertz CT molecular complexity index is 962. The van der Waals surface area contributed by atoms with Crippen LogP contribution >= 0.6 is 0 Å². The molecule has 2 N–H and O–H groups in total. The van der Waals surface area contributed by atoms with Crippen LogP contribution in [-0.4, -0.2) is 68.2 Å². The highest BCUT2D eigenvalue weighted by Crippen LogP contribution is 2.21. The van der Waals surface area contributed by atoms with E-state index in [1.807, 2.05) is 6.07 Å². The fourth-order valence-corrected chi connectivity index (χ4v) is 3.67. The summed E-state index contributed by atoms with van der Waals surface area (Å²) in [5.41, 5.74) is 1.04. The molecule has 4 rings (SSSR count). The standard InChI is InChI=1S/C23H26N4O5/c28-21(16-20-22(29)27(23(30)25-20)18-6-2-1-3-7-18)24-17-5-4-8-19(15-17)32-14-11-26-9-12-31-13-10-26/h1-8,15,20H,9-14,16H2,(H,24,28)(H,25,30)/t20-/m1/s1. The number of ether oxygens (including phenoxy) is 2. The summed E-state index contributed by atoms with van der Waals surface area (Å²) in [6.45, 7) is 4.63. The minimum absolute atomic E-state index is 0.157. The third kappa shape index (κ3) is 5.43. The van der Waals surface area contributed by atoms with Crippen LogP contribution in [0.15, 0.2) is 54.6 Å². The van der Waals surface area contributed by atoms with Crippen LogP contribution in [0.2, 0.25) is 0 Å². The van der Waals surface area contributed by atoms with Crippen molar-refractivity contribution in [2.45, 2.75) is 12.5 Å². The number of carbonyl (C=O) groups excluding carboxylic acids is 3. The summed E-state index contributed by atoms with van der Waals surface area (Å²) in [7, 11) is 0. The molecule has 2 aliphatic rings. The van der Waals surface area contributed by atoms with Crippen molar-refractivity contribution in [3.8, 4) is 5.75 Å². The Labute approximate surface area is 186 Å². The fourth-order valence-electron chi connectivity index (χ4n) is 3.67. The molecule has 0 aliphatic carbocycles. The lowest BCUT2D eigenvalue weighted by atomic mass is 10.2. The molecule has 2 fully saturated rings. The molecule has 9 heteroatoms. The van der Waals surface area contributed by atoms with Crippen LogP contribution < -0.4 is 20.3 Å². The second-order valence-corrected chi connectivity index (χ2v) is 7.59. The Morgan fingerprint density at radius 3 is 2.66 bits per heavy atom. The lowest BCUT2D eigenvalue weighted by Gasteiger charge is -2.26. The van der Waals surface area contributed by atoms with E-state index in [1.54, 1.807) is 48.5 Å². The molecule has 2 aromatic rings. The van der Waals surface area contributed by atoms with Crippen LogP contribution in [0.5, 0.6) is 5.75 Å². The van der Waals surface area contributed by atoms with Crippen molar-refractivity contribution in [1.82, 2.24) is 10.2 Å². The Balaban J connectivity index is 1.28. The summed E-state index contributed by atoms with van der Waals surface area (Å²) in [6.07, 6.45) is -0.157. The largest absolute Gasteiger partial charge is 0.492 e. The van der Waals surface area contributed by atoms with Crippen molar-refractivity contribution in [1.29, 1.82) is 0 Å². The first-order chi connectivity index (χ1) is 15.6. The summed E-state index contributed by atoms with van der Waals surface area (Å²) in [5.74, 6) is -0.169. The van der Waals surface area contributed by atoms with Crippen LogP contribution in [0.1, 0.15) is 6.42 Å². The normalized spacial score (nSPS) is 19.0. The van der Waals surface area contributed by atoms with E-state index in [4.69, 9.17) is 9.47 Å². The summed E-state index contributed by atoms with van der Waals surface area (Å²) in [4.78, 5) is 40.7. The van der Waals surface area contributed by atoms with Crippen LogP contribution in [0, 0.1) is 0 Å². The van der Waals surface area contributed by atoms with Crippen LogP contribution in [0.3, 0.4) is 0 Å². The smallest absolute Gasteiger partial charge is 0.329 e. The maximum atomic E-state index is 12.6. The molecule has 0 unspecified atom stereocenters. The molecule has 2 saturated heterocycles. The van der Waals surface area contributed by atoms with E-state index in [2.05, 4.69) is 15.5 Å². The number of morpholine rings is 1.